The standard InChI is InChI=1S/C14H13BrS2/c15-14-7-6-13(17-14)9-16-12-5-4-10-2-1-3-11(10)8-12/h4-8H,1-3,9H2. The molecule has 0 atom stereocenters. The van der Waals surface area contributed by atoms with Gasteiger partial charge in [0.2, 0.25) is 0 Å². The first-order chi connectivity index (χ1) is 8.31. The summed E-state index contributed by atoms with van der Waals surface area (Å²) in [4.78, 5) is 2.84. The number of aryl methyl sites for hydroxylation is 2. The molecule has 1 aliphatic rings. The van der Waals surface area contributed by atoms with Crippen molar-refractivity contribution in [1.82, 2.24) is 0 Å². The molecule has 0 unspecified atom stereocenters. The molecule has 0 saturated carbocycles. The van der Waals surface area contributed by atoms with E-state index in [0.29, 0.717) is 0 Å². The number of hydrogen-bond acceptors (Lipinski definition) is 2. The highest BCUT2D eigenvalue weighted by atomic mass is 79.9. The van der Waals surface area contributed by atoms with Gasteiger partial charge < -0.3 is 0 Å². The van der Waals surface area contributed by atoms with Crippen molar-refractivity contribution in [3.63, 3.8) is 0 Å². The van der Waals surface area contributed by atoms with Gasteiger partial charge in [0.1, 0.15) is 0 Å². The van der Waals surface area contributed by atoms with Gasteiger partial charge in [-0.05, 0) is 70.6 Å². The average Bonchev–Trinajstić information content (AvgIpc) is 2.94. The minimum absolute atomic E-state index is 1.08. The van der Waals surface area contributed by atoms with Gasteiger partial charge in [0.15, 0.2) is 0 Å². The topological polar surface area (TPSA) is 0 Å². The molecule has 0 radical (unpaired) electrons. The summed E-state index contributed by atoms with van der Waals surface area (Å²) in [5.74, 6) is 1.08. The third-order valence-corrected chi connectivity index (χ3v) is 5.93. The first-order valence-corrected chi connectivity index (χ1v) is 8.39. The van der Waals surface area contributed by atoms with Crippen LogP contribution in [0, 0.1) is 0 Å². The van der Waals surface area contributed by atoms with Gasteiger partial charge >= 0.3 is 0 Å². The summed E-state index contributed by atoms with van der Waals surface area (Å²) >= 11 is 7.28. The molecule has 3 rings (SSSR count). The van der Waals surface area contributed by atoms with E-state index in [0.717, 1.165) is 5.75 Å². The quantitative estimate of drug-likeness (QED) is 0.691. The lowest BCUT2D eigenvalue weighted by atomic mass is 10.1. The smallest absolute Gasteiger partial charge is 0.0701 e. The minimum atomic E-state index is 1.08. The van der Waals surface area contributed by atoms with Gasteiger partial charge in [-0.3, -0.25) is 0 Å². The number of thiophene rings is 1. The number of rotatable bonds is 3. The fourth-order valence-electron chi connectivity index (χ4n) is 2.22. The number of hydrogen-bond donors (Lipinski definition) is 0. The van der Waals surface area contributed by atoms with Gasteiger partial charge in [0.25, 0.3) is 0 Å². The fraction of sp³-hybridized carbons (Fsp3) is 0.286. The van der Waals surface area contributed by atoms with Crippen LogP contribution in [0.5, 0.6) is 0 Å². The van der Waals surface area contributed by atoms with E-state index < -0.39 is 0 Å². The minimum Gasteiger partial charge on any atom is -0.132 e. The highest BCUT2D eigenvalue weighted by Crippen LogP contribution is 2.32. The molecule has 1 aromatic carbocycles. The number of benzene rings is 1. The highest BCUT2D eigenvalue weighted by molar-refractivity contribution is 9.11. The molecule has 0 spiro atoms. The Morgan fingerprint density at radius 2 is 2.00 bits per heavy atom. The molecule has 2 aromatic rings. The summed E-state index contributed by atoms with van der Waals surface area (Å²) in [5.41, 5.74) is 3.13. The predicted molar refractivity (Wildman–Crippen MR) is 80.0 cm³/mol. The lowest BCUT2D eigenvalue weighted by Gasteiger charge is -2.03. The van der Waals surface area contributed by atoms with Gasteiger partial charge in [0, 0.05) is 15.5 Å². The van der Waals surface area contributed by atoms with Gasteiger partial charge in [-0.2, -0.15) is 0 Å². The van der Waals surface area contributed by atoms with E-state index >= 15 is 0 Å². The molecule has 0 bridgehead atoms. The van der Waals surface area contributed by atoms with Crippen LogP contribution in [0.4, 0.5) is 0 Å². The molecule has 0 N–H and O–H groups in total. The largest absolute Gasteiger partial charge is 0.132 e. The first-order valence-electron chi connectivity index (χ1n) is 5.80. The van der Waals surface area contributed by atoms with E-state index in [-0.39, 0.29) is 0 Å². The van der Waals surface area contributed by atoms with Gasteiger partial charge in [0.05, 0.1) is 3.79 Å². The first kappa shape index (κ1) is 11.8. The van der Waals surface area contributed by atoms with Crippen molar-refractivity contribution in [1.29, 1.82) is 0 Å². The van der Waals surface area contributed by atoms with Gasteiger partial charge in [-0.15, -0.1) is 23.1 Å². The average molecular weight is 325 g/mol. The molecular formula is C14H13BrS2. The van der Waals surface area contributed by atoms with Crippen LogP contribution in [0.2, 0.25) is 0 Å². The maximum Gasteiger partial charge on any atom is 0.0701 e. The summed E-state index contributed by atoms with van der Waals surface area (Å²) in [5, 5.41) is 0. The molecule has 0 nitrogen and oxygen atoms in total. The van der Waals surface area contributed by atoms with Crippen LogP contribution in [0.1, 0.15) is 22.4 Å². The third kappa shape index (κ3) is 2.78. The Bertz CT molecular complexity index is 531. The summed E-state index contributed by atoms with van der Waals surface area (Å²) in [6.07, 6.45) is 3.88. The van der Waals surface area contributed by atoms with Crippen molar-refractivity contribution in [2.45, 2.75) is 29.9 Å². The maximum absolute atomic E-state index is 3.51. The molecule has 1 aliphatic carbocycles. The fourth-order valence-corrected chi connectivity index (χ4v) is 4.71. The summed E-state index contributed by atoms with van der Waals surface area (Å²) in [6, 6.07) is 11.3. The third-order valence-electron chi connectivity index (χ3n) is 3.08. The molecule has 0 amide bonds. The maximum atomic E-state index is 3.51. The van der Waals surface area contributed by atoms with Crippen molar-refractivity contribution in [3.8, 4) is 0 Å². The summed E-state index contributed by atoms with van der Waals surface area (Å²) in [7, 11) is 0. The zero-order valence-electron chi connectivity index (χ0n) is 9.41. The monoisotopic (exact) mass is 324 g/mol. The van der Waals surface area contributed by atoms with Crippen molar-refractivity contribution in [2.24, 2.45) is 0 Å². The van der Waals surface area contributed by atoms with E-state index in [1.807, 2.05) is 23.1 Å². The van der Waals surface area contributed by atoms with Crippen LogP contribution in [-0.2, 0) is 18.6 Å². The van der Waals surface area contributed by atoms with Crippen LogP contribution >= 0.6 is 39.0 Å². The highest BCUT2D eigenvalue weighted by Gasteiger charge is 2.10. The lowest BCUT2D eigenvalue weighted by molar-refractivity contribution is 0.911. The normalized spacial score (nSPS) is 13.9. The van der Waals surface area contributed by atoms with Crippen LogP contribution in [0.15, 0.2) is 39.0 Å². The van der Waals surface area contributed by atoms with Crippen molar-refractivity contribution < 1.29 is 0 Å². The van der Waals surface area contributed by atoms with Crippen molar-refractivity contribution in [2.75, 3.05) is 0 Å². The van der Waals surface area contributed by atoms with Gasteiger partial charge in [-0.1, -0.05) is 6.07 Å². The number of halogens is 1. The Morgan fingerprint density at radius 1 is 1.12 bits per heavy atom. The van der Waals surface area contributed by atoms with Crippen molar-refractivity contribution >= 4 is 39.0 Å². The second-order valence-corrected chi connectivity index (χ2v) is 7.87. The Labute approximate surface area is 119 Å². The molecule has 88 valence electrons. The van der Waals surface area contributed by atoms with E-state index in [1.165, 1.54) is 32.8 Å². The van der Waals surface area contributed by atoms with Crippen molar-refractivity contribution in [3.05, 3.63) is 50.1 Å². The second kappa shape index (κ2) is 5.17. The molecular weight excluding hydrogens is 312 g/mol. The zero-order chi connectivity index (χ0) is 11.7. The molecule has 0 aliphatic heterocycles. The molecule has 1 heterocycles. The predicted octanol–water partition coefficient (Wildman–Crippen LogP) is 5.29. The van der Waals surface area contributed by atoms with Crippen LogP contribution in [0.3, 0.4) is 0 Å². The molecule has 0 fully saturated rings. The number of fused-ring (bicyclic) bond motifs is 1. The number of thioether (sulfide) groups is 1. The van der Waals surface area contributed by atoms with E-state index in [1.54, 1.807) is 11.1 Å². The van der Waals surface area contributed by atoms with Crippen LogP contribution in [-0.4, -0.2) is 0 Å². The summed E-state index contributed by atoms with van der Waals surface area (Å²) < 4.78 is 1.22. The lowest BCUT2D eigenvalue weighted by Crippen LogP contribution is -1.83. The SMILES string of the molecule is Brc1ccc(CSc2ccc3c(c2)CCC3)s1. The van der Waals surface area contributed by atoms with Crippen LogP contribution < -0.4 is 0 Å². The second-order valence-electron chi connectivity index (χ2n) is 4.28. The zero-order valence-corrected chi connectivity index (χ0v) is 12.6. The Balaban J connectivity index is 1.69. The Kier molecular flexibility index (Phi) is 3.59. The van der Waals surface area contributed by atoms with Crippen LogP contribution in [0.25, 0.3) is 0 Å². The molecule has 0 saturated heterocycles. The Hall–Kier alpha value is -0.250. The van der Waals surface area contributed by atoms with E-state index in [2.05, 4.69) is 46.3 Å². The molecule has 1 aromatic heterocycles. The van der Waals surface area contributed by atoms with E-state index in [9.17, 15) is 0 Å². The van der Waals surface area contributed by atoms with E-state index in [4.69, 9.17) is 0 Å². The van der Waals surface area contributed by atoms with Gasteiger partial charge in [-0.25, -0.2) is 0 Å². The molecule has 3 heteroatoms. The Morgan fingerprint density at radius 3 is 2.82 bits per heavy atom. The molecule has 17 heavy (non-hydrogen) atoms. The summed E-state index contributed by atoms with van der Waals surface area (Å²) in [6.45, 7) is 0.